The van der Waals surface area contributed by atoms with Gasteiger partial charge in [0.05, 0.1) is 10.5 Å². The fourth-order valence-electron chi connectivity index (χ4n) is 4.04. The standard InChI is InChI=1S/C21H24N4O4/c1-20(2,3)29-19(26)24-13-21(14-24)11-23(12-21)18-17(25(27)28)16(9-10-22-18)15-7-5-4-6-8-15/h4-10H,11-14H2,1-3H3. The van der Waals surface area contributed by atoms with Gasteiger partial charge in [-0.15, -0.1) is 0 Å². The highest BCUT2D eigenvalue weighted by Crippen LogP contribution is 2.45. The molecule has 8 nitrogen and oxygen atoms in total. The van der Waals surface area contributed by atoms with Crippen LogP contribution >= 0.6 is 0 Å². The van der Waals surface area contributed by atoms with Crippen LogP contribution in [-0.4, -0.2) is 52.7 Å². The lowest BCUT2D eigenvalue weighted by Gasteiger charge is -2.59. The van der Waals surface area contributed by atoms with E-state index in [2.05, 4.69) is 4.98 Å². The molecule has 0 N–H and O–H groups in total. The maximum atomic E-state index is 12.2. The number of nitro groups is 1. The lowest BCUT2D eigenvalue weighted by Crippen LogP contribution is -2.73. The SMILES string of the molecule is CC(C)(C)OC(=O)N1CC2(C1)CN(c1nccc(-c3ccccc3)c1[N+](=O)[O-])C2. The van der Waals surface area contributed by atoms with Gasteiger partial charge < -0.3 is 14.5 Å². The molecule has 1 amide bonds. The fraction of sp³-hybridized carbons (Fsp3) is 0.429. The molecule has 0 atom stereocenters. The van der Waals surface area contributed by atoms with E-state index in [1.54, 1.807) is 17.2 Å². The number of carbonyl (C=O) groups is 1. The molecular formula is C21H24N4O4. The highest BCUT2D eigenvalue weighted by Gasteiger charge is 2.55. The maximum Gasteiger partial charge on any atom is 0.410 e. The summed E-state index contributed by atoms with van der Waals surface area (Å²) in [4.78, 5) is 31.6. The summed E-state index contributed by atoms with van der Waals surface area (Å²) in [6.45, 7) is 8.01. The summed E-state index contributed by atoms with van der Waals surface area (Å²) in [5.41, 5.74) is 0.823. The minimum atomic E-state index is -0.520. The van der Waals surface area contributed by atoms with E-state index in [9.17, 15) is 14.9 Å². The van der Waals surface area contributed by atoms with Gasteiger partial charge in [-0.3, -0.25) is 10.1 Å². The fourth-order valence-corrected chi connectivity index (χ4v) is 4.04. The first-order valence-corrected chi connectivity index (χ1v) is 9.59. The minimum absolute atomic E-state index is 0.0249. The van der Waals surface area contributed by atoms with Crippen LogP contribution in [0, 0.1) is 15.5 Å². The Morgan fingerprint density at radius 2 is 1.79 bits per heavy atom. The minimum Gasteiger partial charge on any atom is -0.444 e. The van der Waals surface area contributed by atoms with Crippen molar-refractivity contribution in [3.63, 3.8) is 0 Å². The van der Waals surface area contributed by atoms with Crippen molar-refractivity contribution in [3.05, 3.63) is 52.7 Å². The number of hydrogen-bond acceptors (Lipinski definition) is 6. The van der Waals surface area contributed by atoms with E-state index >= 15 is 0 Å². The Morgan fingerprint density at radius 3 is 2.38 bits per heavy atom. The molecule has 0 bridgehead atoms. The zero-order valence-electron chi connectivity index (χ0n) is 16.8. The highest BCUT2D eigenvalue weighted by atomic mass is 16.6. The summed E-state index contributed by atoms with van der Waals surface area (Å²) in [6, 6.07) is 11.0. The summed E-state index contributed by atoms with van der Waals surface area (Å²) in [5.74, 6) is 0.387. The number of rotatable bonds is 3. The zero-order valence-corrected chi connectivity index (χ0v) is 16.8. The topological polar surface area (TPSA) is 88.8 Å². The van der Waals surface area contributed by atoms with Crippen molar-refractivity contribution in [2.45, 2.75) is 26.4 Å². The third-order valence-electron chi connectivity index (χ3n) is 5.23. The van der Waals surface area contributed by atoms with Crippen LogP contribution in [-0.2, 0) is 4.74 Å². The molecule has 2 aliphatic rings. The number of ether oxygens (including phenoxy) is 1. The van der Waals surface area contributed by atoms with Gasteiger partial charge in [0.25, 0.3) is 0 Å². The van der Waals surface area contributed by atoms with Crippen molar-refractivity contribution in [1.29, 1.82) is 0 Å². The molecule has 2 aromatic rings. The largest absolute Gasteiger partial charge is 0.444 e. The van der Waals surface area contributed by atoms with Gasteiger partial charge in [-0.25, -0.2) is 9.78 Å². The molecule has 0 unspecified atom stereocenters. The highest BCUT2D eigenvalue weighted by molar-refractivity contribution is 5.81. The van der Waals surface area contributed by atoms with E-state index < -0.39 is 5.60 Å². The number of aromatic nitrogens is 1. The number of amides is 1. The van der Waals surface area contributed by atoms with Gasteiger partial charge in [-0.1, -0.05) is 30.3 Å². The van der Waals surface area contributed by atoms with Crippen LogP contribution in [0.25, 0.3) is 11.1 Å². The summed E-state index contributed by atoms with van der Waals surface area (Å²) in [5, 5.41) is 11.8. The molecule has 8 heteroatoms. The van der Waals surface area contributed by atoms with Gasteiger partial charge in [-0.2, -0.15) is 0 Å². The molecule has 1 aromatic heterocycles. The number of benzene rings is 1. The molecule has 2 aliphatic heterocycles. The van der Waals surface area contributed by atoms with E-state index in [0.29, 0.717) is 37.6 Å². The molecule has 3 heterocycles. The van der Waals surface area contributed by atoms with Crippen molar-refractivity contribution >= 4 is 17.6 Å². The number of anilines is 1. The van der Waals surface area contributed by atoms with E-state index in [4.69, 9.17) is 4.74 Å². The van der Waals surface area contributed by atoms with E-state index in [-0.39, 0.29) is 22.1 Å². The smallest absolute Gasteiger partial charge is 0.410 e. The van der Waals surface area contributed by atoms with E-state index in [0.717, 1.165) is 5.56 Å². The second-order valence-corrected chi connectivity index (χ2v) is 8.85. The van der Waals surface area contributed by atoms with Gasteiger partial charge in [-0.05, 0) is 32.4 Å². The third kappa shape index (κ3) is 3.62. The van der Waals surface area contributed by atoms with E-state index in [1.165, 1.54) is 0 Å². The average molecular weight is 396 g/mol. The molecule has 152 valence electrons. The normalized spacial score (nSPS) is 17.5. The van der Waals surface area contributed by atoms with Crippen LogP contribution in [0.1, 0.15) is 20.8 Å². The van der Waals surface area contributed by atoms with E-state index in [1.807, 2.05) is 56.0 Å². The zero-order chi connectivity index (χ0) is 20.8. The second-order valence-electron chi connectivity index (χ2n) is 8.85. The molecule has 0 saturated carbocycles. The first-order valence-electron chi connectivity index (χ1n) is 9.59. The van der Waals surface area contributed by atoms with Crippen molar-refractivity contribution < 1.29 is 14.5 Å². The molecule has 1 spiro atoms. The predicted molar refractivity (Wildman–Crippen MR) is 109 cm³/mol. The van der Waals surface area contributed by atoms with Gasteiger partial charge >= 0.3 is 11.8 Å². The van der Waals surface area contributed by atoms with Crippen molar-refractivity contribution in [2.24, 2.45) is 5.41 Å². The number of nitrogens with zero attached hydrogens (tertiary/aromatic N) is 4. The number of pyridine rings is 1. The number of hydrogen-bond donors (Lipinski definition) is 0. The molecule has 1 aromatic carbocycles. The molecule has 29 heavy (non-hydrogen) atoms. The summed E-state index contributed by atoms with van der Waals surface area (Å²) in [7, 11) is 0. The molecule has 4 rings (SSSR count). The lowest BCUT2D eigenvalue weighted by atomic mass is 9.73. The average Bonchev–Trinajstić information content (AvgIpc) is 2.58. The van der Waals surface area contributed by atoms with Crippen LogP contribution in [0.15, 0.2) is 42.6 Å². The Bertz CT molecular complexity index is 941. The first kappa shape index (κ1) is 19.2. The van der Waals surface area contributed by atoms with Crippen molar-refractivity contribution in [1.82, 2.24) is 9.88 Å². The van der Waals surface area contributed by atoms with Crippen LogP contribution in [0.5, 0.6) is 0 Å². The first-order chi connectivity index (χ1) is 13.7. The molecule has 2 fully saturated rings. The summed E-state index contributed by atoms with van der Waals surface area (Å²) in [6.07, 6.45) is 1.31. The predicted octanol–water partition coefficient (Wildman–Crippen LogP) is 3.71. The Kier molecular flexibility index (Phi) is 4.44. The molecule has 0 radical (unpaired) electrons. The van der Waals surface area contributed by atoms with Crippen molar-refractivity contribution in [2.75, 3.05) is 31.1 Å². The quantitative estimate of drug-likeness (QED) is 0.580. The Balaban J connectivity index is 1.48. The molecule has 0 aliphatic carbocycles. The molecular weight excluding hydrogens is 372 g/mol. The van der Waals surface area contributed by atoms with Crippen LogP contribution in [0.2, 0.25) is 0 Å². The monoisotopic (exact) mass is 396 g/mol. The third-order valence-corrected chi connectivity index (χ3v) is 5.23. The number of likely N-dealkylation sites (tertiary alicyclic amines) is 1. The summed E-state index contributed by atoms with van der Waals surface area (Å²) >= 11 is 0. The van der Waals surface area contributed by atoms with Gasteiger partial charge in [0, 0.05) is 37.8 Å². The Morgan fingerprint density at radius 1 is 1.14 bits per heavy atom. The Hall–Kier alpha value is -3.16. The van der Waals surface area contributed by atoms with Gasteiger partial charge in [0.15, 0.2) is 0 Å². The summed E-state index contributed by atoms with van der Waals surface area (Å²) < 4.78 is 5.40. The van der Waals surface area contributed by atoms with Gasteiger partial charge in [0.2, 0.25) is 5.82 Å². The second kappa shape index (κ2) is 6.72. The lowest BCUT2D eigenvalue weighted by molar-refractivity contribution is -0.383. The van der Waals surface area contributed by atoms with Crippen molar-refractivity contribution in [3.8, 4) is 11.1 Å². The maximum absolute atomic E-state index is 12.2. The van der Waals surface area contributed by atoms with Gasteiger partial charge in [0.1, 0.15) is 5.60 Å². The van der Waals surface area contributed by atoms with Crippen LogP contribution < -0.4 is 4.90 Å². The molecule has 2 saturated heterocycles. The van der Waals surface area contributed by atoms with Crippen LogP contribution in [0.4, 0.5) is 16.3 Å². The Labute approximate surface area is 169 Å². The number of carbonyl (C=O) groups excluding carboxylic acids is 1. The van der Waals surface area contributed by atoms with Crippen LogP contribution in [0.3, 0.4) is 0 Å².